The van der Waals surface area contributed by atoms with Crippen LogP contribution in [0.5, 0.6) is 0 Å². The second kappa shape index (κ2) is 10.2. The molecular formula is C10H16F2N2O5. The Morgan fingerprint density at radius 2 is 1.89 bits per heavy atom. The molecule has 0 rings (SSSR count). The number of amides is 3. The predicted molar refractivity (Wildman–Crippen MR) is 59.9 cm³/mol. The Morgan fingerprint density at radius 3 is 2.47 bits per heavy atom. The highest BCUT2D eigenvalue weighted by molar-refractivity contribution is 5.94. The molecule has 0 bridgehead atoms. The Hall–Kier alpha value is -1.77. The first-order chi connectivity index (χ1) is 8.91. The van der Waals surface area contributed by atoms with Gasteiger partial charge in [-0.05, 0) is 6.42 Å². The van der Waals surface area contributed by atoms with Gasteiger partial charge in [0, 0.05) is 19.4 Å². The lowest BCUT2D eigenvalue weighted by molar-refractivity contribution is -0.137. The molecule has 9 heteroatoms. The highest BCUT2D eigenvalue weighted by atomic mass is 19.3. The van der Waals surface area contributed by atoms with E-state index in [0.717, 1.165) is 0 Å². The molecule has 0 saturated carbocycles. The van der Waals surface area contributed by atoms with Gasteiger partial charge in [-0.15, -0.1) is 0 Å². The topological polar surface area (TPSA) is 105 Å². The lowest BCUT2D eigenvalue weighted by atomic mass is 10.2. The van der Waals surface area contributed by atoms with Crippen LogP contribution in [0.15, 0.2) is 0 Å². The summed E-state index contributed by atoms with van der Waals surface area (Å²) in [5.74, 6) is -1.62. The van der Waals surface area contributed by atoms with Crippen LogP contribution >= 0.6 is 0 Å². The van der Waals surface area contributed by atoms with Crippen molar-refractivity contribution < 1.29 is 33.0 Å². The number of carbonyl (C=O) groups excluding carboxylic acids is 2. The van der Waals surface area contributed by atoms with Crippen LogP contribution < -0.4 is 10.6 Å². The molecule has 0 aromatic rings. The van der Waals surface area contributed by atoms with Crippen LogP contribution in [0.3, 0.4) is 0 Å². The van der Waals surface area contributed by atoms with E-state index in [9.17, 15) is 23.2 Å². The molecule has 0 spiro atoms. The molecule has 0 atom stereocenters. The van der Waals surface area contributed by atoms with Crippen LogP contribution in [0.2, 0.25) is 0 Å². The van der Waals surface area contributed by atoms with Gasteiger partial charge in [0.15, 0.2) is 0 Å². The molecule has 7 nitrogen and oxygen atoms in total. The van der Waals surface area contributed by atoms with E-state index in [1.54, 1.807) is 0 Å². The normalized spacial score (nSPS) is 10.3. The van der Waals surface area contributed by atoms with Crippen molar-refractivity contribution in [3.8, 4) is 0 Å². The molecule has 0 radical (unpaired) electrons. The smallest absolute Gasteiger partial charge is 0.321 e. The molecule has 0 fully saturated rings. The molecular weight excluding hydrogens is 266 g/mol. The summed E-state index contributed by atoms with van der Waals surface area (Å²) in [6, 6.07) is -0.777. The first-order valence-electron chi connectivity index (χ1n) is 5.57. The van der Waals surface area contributed by atoms with Gasteiger partial charge in [-0.3, -0.25) is 14.9 Å². The third kappa shape index (κ3) is 12.5. The maximum Gasteiger partial charge on any atom is 0.321 e. The van der Waals surface area contributed by atoms with Crippen LogP contribution in [-0.2, 0) is 14.3 Å². The van der Waals surface area contributed by atoms with Crippen LogP contribution in [-0.4, -0.2) is 49.2 Å². The molecule has 110 valence electrons. The van der Waals surface area contributed by atoms with Gasteiger partial charge in [-0.25, -0.2) is 13.6 Å². The standard InChI is InChI=1S/C10H16F2N2O5/c11-7(12)6-19-5-4-13-10(18)14-8(15)2-1-3-9(16)17/h7H,1-6H2,(H,16,17)(H2,13,14,15,18). The lowest BCUT2D eigenvalue weighted by Gasteiger charge is -2.07. The maximum atomic E-state index is 11.7. The molecule has 0 aliphatic heterocycles. The second-order valence-electron chi connectivity index (χ2n) is 3.52. The maximum absolute atomic E-state index is 11.7. The average Bonchev–Trinajstić information content (AvgIpc) is 2.27. The minimum Gasteiger partial charge on any atom is -0.481 e. The van der Waals surface area contributed by atoms with E-state index in [1.807, 2.05) is 5.32 Å². The molecule has 0 aliphatic carbocycles. The molecule has 0 aliphatic rings. The van der Waals surface area contributed by atoms with Crippen molar-refractivity contribution in [2.45, 2.75) is 25.7 Å². The van der Waals surface area contributed by atoms with Gasteiger partial charge in [0.1, 0.15) is 6.61 Å². The van der Waals surface area contributed by atoms with Crippen molar-refractivity contribution in [1.29, 1.82) is 0 Å². The third-order valence-corrected chi connectivity index (χ3v) is 1.82. The van der Waals surface area contributed by atoms with Crippen molar-refractivity contribution in [3.05, 3.63) is 0 Å². The molecule has 19 heavy (non-hydrogen) atoms. The number of carboxylic acid groups (broad SMARTS) is 1. The molecule has 3 amide bonds. The van der Waals surface area contributed by atoms with E-state index in [1.165, 1.54) is 0 Å². The first-order valence-corrected chi connectivity index (χ1v) is 5.57. The lowest BCUT2D eigenvalue weighted by Crippen LogP contribution is -2.40. The Kier molecular flexibility index (Phi) is 9.23. The largest absolute Gasteiger partial charge is 0.481 e. The van der Waals surface area contributed by atoms with Crippen molar-refractivity contribution >= 4 is 17.9 Å². The Morgan fingerprint density at radius 1 is 1.21 bits per heavy atom. The summed E-state index contributed by atoms with van der Waals surface area (Å²) < 4.78 is 27.8. The minimum atomic E-state index is -2.57. The number of alkyl halides is 2. The third-order valence-electron chi connectivity index (χ3n) is 1.82. The van der Waals surface area contributed by atoms with Gasteiger partial charge >= 0.3 is 12.0 Å². The second-order valence-corrected chi connectivity index (χ2v) is 3.52. The van der Waals surface area contributed by atoms with E-state index >= 15 is 0 Å². The summed E-state index contributed by atoms with van der Waals surface area (Å²) in [5, 5.41) is 12.5. The van der Waals surface area contributed by atoms with Crippen LogP contribution in [0.1, 0.15) is 19.3 Å². The quantitative estimate of drug-likeness (QED) is 0.529. The summed E-state index contributed by atoms with van der Waals surface area (Å²) in [6.45, 7) is -0.816. The van der Waals surface area contributed by atoms with Gasteiger partial charge in [-0.1, -0.05) is 0 Å². The number of aliphatic carboxylic acids is 1. The van der Waals surface area contributed by atoms with Gasteiger partial charge < -0.3 is 15.2 Å². The number of nitrogens with one attached hydrogen (secondary N) is 2. The summed E-state index contributed by atoms with van der Waals surface area (Å²) in [7, 11) is 0. The molecule has 0 aromatic carbocycles. The van der Waals surface area contributed by atoms with E-state index in [2.05, 4.69) is 10.1 Å². The highest BCUT2D eigenvalue weighted by Crippen LogP contribution is 1.94. The fourth-order valence-electron chi connectivity index (χ4n) is 1.04. The SMILES string of the molecule is O=C(O)CCCC(=O)NC(=O)NCCOCC(F)F. The van der Waals surface area contributed by atoms with E-state index in [-0.39, 0.29) is 32.4 Å². The number of urea groups is 1. The van der Waals surface area contributed by atoms with E-state index in [4.69, 9.17) is 5.11 Å². The van der Waals surface area contributed by atoms with Crippen molar-refractivity contribution in [2.75, 3.05) is 19.8 Å². The van der Waals surface area contributed by atoms with Crippen molar-refractivity contribution in [1.82, 2.24) is 10.6 Å². The molecule has 0 unspecified atom stereocenters. The summed E-state index contributed by atoms with van der Waals surface area (Å²) in [4.78, 5) is 32.4. The number of carbonyl (C=O) groups is 3. The first kappa shape index (κ1) is 17.2. The summed E-state index contributed by atoms with van der Waals surface area (Å²) in [5.41, 5.74) is 0. The van der Waals surface area contributed by atoms with Crippen molar-refractivity contribution in [3.63, 3.8) is 0 Å². The molecule has 0 heterocycles. The van der Waals surface area contributed by atoms with E-state index < -0.39 is 30.9 Å². The molecule has 0 saturated heterocycles. The average molecular weight is 282 g/mol. The monoisotopic (exact) mass is 282 g/mol. The number of ether oxygens (including phenoxy) is 1. The minimum absolute atomic E-state index is 0.0129. The number of carboxylic acids is 1. The zero-order valence-corrected chi connectivity index (χ0v) is 10.2. The number of imide groups is 1. The van der Waals surface area contributed by atoms with Gasteiger partial charge in [0.25, 0.3) is 6.43 Å². The highest BCUT2D eigenvalue weighted by Gasteiger charge is 2.08. The van der Waals surface area contributed by atoms with Crippen LogP contribution in [0, 0.1) is 0 Å². The summed E-state index contributed by atoms with van der Waals surface area (Å²) >= 11 is 0. The molecule has 3 N–H and O–H groups in total. The van der Waals surface area contributed by atoms with Gasteiger partial charge in [-0.2, -0.15) is 0 Å². The fraction of sp³-hybridized carbons (Fsp3) is 0.700. The van der Waals surface area contributed by atoms with E-state index in [0.29, 0.717) is 0 Å². The van der Waals surface area contributed by atoms with Crippen molar-refractivity contribution in [2.24, 2.45) is 0 Å². The van der Waals surface area contributed by atoms with Gasteiger partial charge in [0.2, 0.25) is 5.91 Å². The zero-order valence-electron chi connectivity index (χ0n) is 10.2. The van der Waals surface area contributed by atoms with Crippen LogP contribution in [0.25, 0.3) is 0 Å². The number of hydrogen-bond donors (Lipinski definition) is 3. The van der Waals surface area contributed by atoms with Crippen LogP contribution in [0.4, 0.5) is 13.6 Å². The zero-order chi connectivity index (χ0) is 14.7. The Balaban J connectivity index is 3.52. The molecule has 0 aromatic heterocycles. The Labute approximate surface area is 108 Å². The Bertz CT molecular complexity index is 312. The fourth-order valence-corrected chi connectivity index (χ4v) is 1.04. The number of halogens is 2. The van der Waals surface area contributed by atoms with Gasteiger partial charge in [0.05, 0.1) is 6.61 Å². The number of hydrogen-bond acceptors (Lipinski definition) is 4. The predicted octanol–water partition coefficient (Wildman–Crippen LogP) is 0.349. The number of rotatable bonds is 9. The summed E-state index contributed by atoms with van der Waals surface area (Å²) in [6.07, 6.45) is -2.67.